The van der Waals surface area contributed by atoms with Gasteiger partial charge in [0.15, 0.2) is 5.43 Å². The van der Waals surface area contributed by atoms with Gasteiger partial charge >= 0.3 is 0 Å². The Morgan fingerprint density at radius 3 is 2.65 bits per heavy atom. The number of ether oxygens (including phenoxy) is 2. The molecule has 9 heteroatoms. The highest BCUT2D eigenvalue weighted by atomic mass is 32.1. The van der Waals surface area contributed by atoms with Crippen LogP contribution < -0.4 is 19.8 Å². The van der Waals surface area contributed by atoms with Crippen molar-refractivity contribution < 1.29 is 18.7 Å². The lowest BCUT2D eigenvalue weighted by molar-refractivity contribution is 0.0970. The quantitative estimate of drug-likeness (QED) is 0.482. The normalized spacial score (nSPS) is 15.4. The Kier molecular flexibility index (Phi) is 4.48. The van der Waals surface area contributed by atoms with Gasteiger partial charge in [0.05, 0.1) is 25.2 Å². The second kappa shape index (κ2) is 7.21. The van der Waals surface area contributed by atoms with Gasteiger partial charge in [-0.15, -0.1) is 10.2 Å². The van der Waals surface area contributed by atoms with Gasteiger partial charge < -0.3 is 13.9 Å². The molecule has 1 atom stereocenters. The first-order valence-electron chi connectivity index (χ1n) is 9.42. The topological polar surface area (TPSA) is 94.8 Å². The van der Waals surface area contributed by atoms with Crippen LogP contribution in [0.3, 0.4) is 0 Å². The van der Waals surface area contributed by atoms with Gasteiger partial charge in [-0.2, -0.15) is 0 Å². The van der Waals surface area contributed by atoms with Crippen LogP contribution in [0.15, 0.2) is 51.1 Å². The predicted octanol–water partition coefficient (Wildman–Crippen LogP) is 3.72. The molecule has 3 heterocycles. The van der Waals surface area contributed by atoms with Gasteiger partial charge in [-0.05, 0) is 37.3 Å². The van der Waals surface area contributed by atoms with Gasteiger partial charge in [0, 0.05) is 5.56 Å². The van der Waals surface area contributed by atoms with Crippen LogP contribution >= 0.6 is 11.3 Å². The third-order valence-electron chi connectivity index (χ3n) is 5.31. The van der Waals surface area contributed by atoms with Crippen molar-refractivity contribution in [2.24, 2.45) is 0 Å². The van der Waals surface area contributed by atoms with E-state index in [1.54, 1.807) is 37.4 Å². The van der Waals surface area contributed by atoms with E-state index in [2.05, 4.69) is 10.2 Å². The summed E-state index contributed by atoms with van der Waals surface area (Å²) in [5, 5.41) is 8.71. The summed E-state index contributed by atoms with van der Waals surface area (Å²) in [5.41, 5.74) is 3.36. The van der Waals surface area contributed by atoms with Crippen molar-refractivity contribution in [3.63, 3.8) is 0 Å². The molecule has 5 rings (SSSR count). The first-order chi connectivity index (χ1) is 15.0. The van der Waals surface area contributed by atoms with Crippen LogP contribution in [0.2, 0.25) is 0 Å². The summed E-state index contributed by atoms with van der Waals surface area (Å²) in [5.74, 6) is 0.604. The maximum absolute atomic E-state index is 13.6. The Morgan fingerprint density at radius 2 is 1.94 bits per heavy atom. The number of aromatic nitrogens is 2. The third-order valence-corrected chi connectivity index (χ3v) is 6.00. The molecule has 1 amide bonds. The number of hydrogen-bond acceptors (Lipinski definition) is 8. The van der Waals surface area contributed by atoms with E-state index in [4.69, 9.17) is 13.9 Å². The van der Waals surface area contributed by atoms with Gasteiger partial charge in [0.25, 0.3) is 5.91 Å². The number of amides is 1. The van der Waals surface area contributed by atoms with Gasteiger partial charge in [-0.3, -0.25) is 14.5 Å². The van der Waals surface area contributed by atoms with Crippen molar-refractivity contribution in [3.8, 4) is 11.5 Å². The molecule has 156 valence electrons. The van der Waals surface area contributed by atoms with Gasteiger partial charge in [0.1, 0.15) is 28.6 Å². The highest BCUT2D eigenvalue weighted by molar-refractivity contribution is 7.13. The second-order valence-electron chi connectivity index (χ2n) is 7.08. The smallest absolute Gasteiger partial charge is 0.297 e. The number of hydrogen-bond donors (Lipinski definition) is 0. The number of aryl methyl sites for hydroxylation is 1. The van der Waals surface area contributed by atoms with E-state index in [1.807, 2.05) is 13.0 Å². The summed E-state index contributed by atoms with van der Waals surface area (Å²) in [6.07, 6.45) is 0. The SMILES string of the molecule is COc1ccc(OC)c([C@H]2c3c(oc4ccc(C)cc4c3=O)C(=O)N2c2nncs2)c1. The maximum atomic E-state index is 13.6. The standard InChI is InChI=1S/C22H17N3O5S/c1-11-4-6-16-14(8-11)19(26)17-18(13-9-12(28-2)5-7-15(13)29-3)25(21(27)20(17)30-16)22-24-23-10-31-22/h4-10,18H,1-3H3/t18-/m0/s1. The second-order valence-corrected chi connectivity index (χ2v) is 7.89. The Hall–Kier alpha value is -3.72. The predicted molar refractivity (Wildman–Crippen MR) is 115 cm³/mol. The van der Waals surface area contributed by atoms with E-state index in [0.29, 0.717) is 33.2 Å². The lowest BCUT2D eigenvalue weighted by Crippen LogP contribution is -2.29. The summed E-state index contributed by atoms with van der Waals surface area (Å²) < 4.78 is 16.9. The van der Waals surface area contributed by atoms with E-state index in [-0.39, 0.29) is 16.8 Å². The van der Waals surface area contributed by atoms with E-state index >= 15 is 0 Å². The minimum absolute atomic E-state index is 0.00794. The molecule has 0 aliphatic carbocycles. The molecule has 2 aromatic heterocycles. The summed E-state index contributed by atoms with van der Waals surface area (Å²) in [7, 11) is 3.08. The number of carbonyl (C=O) groups excluding carboxylic acids is 1. The zero-order chi connectivity index (χ0) is 21.7. The number of anilines is 1. The maximum Gasteiger partial charge on any atom is 0.297 e. The van der Waals surface area contributed by atoms with Gasteiger partial charge in [0.2, 0.25) is 10.9 Å². The van der Waals surface area contributed by atoms with Crippen molar-refractivity contribution in [2.45, 2.75) is 13.0 Å². The molecule has 0 N–H and O–H groups in total. The van der Waals surface area contributed by atoms with Crippen molar-refractivity contribution in [1.82, 2.24) is 10.2 Å². The zero-order valence-corrected chi connectivity index (χ0v) is 17.7. The number of methoxy groups -OCH3 is 2. The van der Waals surface area contributed by atoms with E-state index < -0.39 is 11.9 Å². The summed E-state index contributed by atoms with van der Waals surface area (Å²) in [6, 6.07) is 9.74. The highest BCUT2D eigenvalue weighted by Crippen LogP contribution is 2.45. The summed E-state index contributed by atoms with van der Waals surface area (Å²) in [4.78, 5) is 28.5. The van der Waals surface area contributed by atoms with Crippen LogP contribution in [0.5, 0.6) is 11.5 Å². The van der Waals surface area contributed by atoms with Crippen molar-refractivity contribution in [1.29, 1.82) is 0 Å². The van der Waals surface area contributed by atoms with Crippen molar-refractivity contribution in [3.05, 3.63) is 74.6 Å². The summed E-state index contributed by atoms with van der Waals surface area (Å²) in [6.45, 7) is 1.90. The van der Waals surface area contributed by atoms with Crippen LogP contribution in [0, 0.1) is 6.92 Å². The fraction of sp³-hybridized carbons (Fsp3) is 0.182. The first kappa shape index (κ1) is 19.3. The zero-order valence-electron chi connectivity index (χ0n) is 16.9. The number of benzene rings is 2. The van der Waals surface area contributed by atoms with E-state index in [1.165, 1.54) is 28.9 Å². The van der Waals surface area contributed by atoms with E-state index in [0.717, 1.165) is 5.56 Å². The molecule has 1 aliphatic rings. The number of nitrogens with zero attached hydrogens (tertiary/aromatic N) is 3. The van der Waals surface area contributed by atoms with Gasteiger partial charge in [-0.1, -0.05) is 23.0 Å². The lowest BCUT2D eigenvalue weighted by Gasteiger charge is -2.24. The number of rotatable bonds is 4. The summed E-state index contributed by atoms with van der Waals surface area (Å²) >= 11 is 1.20. The molecule has 0 saturated carbocycles. The van der Waals surface area contributed by atoms with Crippen LogP contribution in [0.4, 0.5) is 5.13 Å². The molecule has 0 spiro atoms. The number of fused-ring (bicyclic) bond motifs is 2. The fourth-order valence-electron chi connectivity index (χ4n) is 3.90. The number of carbonyl (C=O) groups is 1. The Labute approximate surface area is 180 Å². The highest BCUT2D eigenvalue weighted by Gasteiger charge is 2.46. The Balaban J connectivity index is 1.86. The van der Waals surface area contributed by atoms with E-state index in [9.17, 15) is 9.59 Å². The monoisotopic (exact) mass is 435 g/mol. The molecule has 4 aromatic rings. The van der Waals surface area contributed by atoms with Crippen molar-refractivity contribution >= 4 is 33.3 Å². The Bertz CT molecular complexity index is 1380. The molecule has 8 nitrogen and oxygen atoms in total. The molecule has 1 aliphatic heterocycles. The molecule has 2 aromatic carbocycles. The molecule has 0 bridgehead atoms. The molecular formula is C22H17N3O5S. The van der Waals surface area contributed by atoms with Crippen LogP contribution in [0.1, 0.15) is 33.3 Å². The molecule has 0 fully saturated rings. The molecule has 31 heavy (non-hydrogen) atoms. The lowest BCUT2D eigenvalue weighted by atomic mass is 9.97. The molecule has 0 radical (unpaired) electrons. The average molecular weight is 435 g/mol. The third kappa shape index (κ3) is 2.89. The minimum atomic E-state index is -0.804. The minimum Gasteiger partial charge on any atom is -0.497 e. The Morgan fingerprint density at radius 1 is 1.10 bits per heavy atom. The fourth-order valence-corrected chi connectivity index (χ4v) is 4.49. The van der Waals surface area contributed by atoms with Crippen LogP contribution in [0.25, 0.3) is 11.0 Å². The largest absolute Gasteiger partial charge is 0.497 e. The van der Waals surface area contributed by atoms with Crippen LogP contribution in [-0.4, -0.2) is 30.3 Å². The van der Waals surface area contributed by atoms with Crippen molar-refractivity contribution in [2.75, 3.05) is 19.1 Å². The first-order valence-corrected chi connectivity index (χ1v) is 10.3. The molecule has 0 unspecified atom stereocenters. The molecule has 0 saturated heterocycles. The van der Waals surface area contributed by atoms with Crippen LogP contribution in [-0.2, 0) is 0 Å². The molecular weight excluding hydrogens is 418 g/mol. The van der Waals surface area contributed by atoms with Gasteiger partial charge in [-0.25, -0.2) is 0 Å². The average Bonchev–Trinajstić information content (AvgIpc) is 3.40.